The quantitative estimate of drug-likeness (QED) is 0.942. The first-order valence-electron chi connectivity index (χ1n) is 6.94. The molecule has 0 spiro atoms. The monoisotopic (exact) mass is 285 g/mol. The normalized spacial score (nSPS) is 17.8. The molecule has 108 valence electrons. The minimum atomic E-state index is -0.384. The van der Waals surface area contributed by atoms with E-state index in [-0.39, 0.29) is 17.8 Å². The lowest BCUT2D eigenvalue weighted by Gasteiger charge is -2.17. The highest BCUT2D eigenvalue weighted by Crippen LogP contribution is 2.17. The summed E-state index contributed by atoms with van der Waals surface area (Å²) in [5.74, 6) is -0.505. The maximum absolute atomic E-state index is 13.2. The van der Waals surface area contributed by atoms with E-state index in [4.69, 9.17) is 0 Å². The largest absolute Gasteiger partial charge is 0.379 e. The van der Waals surface area contributed by atoms with Gasteiger partial charge in [-0.2, -0.15) is 0 Å². The Bertz CT molecular complexity index is 632. The Kier molecular flexibility index (Phi) is 3.81. The number of nitrogens with zero attached hydrogens (tertiary/aromatic N) is 2. The van der Waals surface area contributed by atoms with Gasteiger partial charge in [0.05, 0.1) is 5.69 Å². The molecule has 1 aromatic carbocycles. The zero-order valence-corrected chi connectivity index (χ0v) is 11.5. The van der Waals surface area contributed by atoms with Crippen molar-refractivity contribution < 1.29 is 9.18 Å². The van der Waals surface area contributed by atoms with Crippen LogP contribution in [-0.2, 0) is 0 Å². The maximum Gasteiger partial charge on any atom is 0.254 e. The molecule has 0 saturated carbocycles. The highest BCUT2D eigenvalue weighted by Gasteiger charge is 2.26. The molecular formula is C16H16FN3O. The Morgan fingerprint density at radius 1 is 1.33 bits per heavy atom. The smallest absolute Gasteiger partial charge is 0.254 e. The number of nitrogens with one attached hydrogen (secondary N) is 1. The topological polar surface area (TPSA) is 45.2 Å². The van der Waals surface area contributed by atoms with Crippen LogP contribution in [0.1, 0.15) is 16.8 Å². The Balaban J connectivity index is 1.63. The van der Waals surface area contributed by atoms with Crippen LogP contribution in [0.2, 0.25) is 0 Å². The molecule has 1 N–H and O–H groups in total. The lowest BCUT2D eigenvalue weighted by molar-refractivity contribution is 0.0791. The molecule has 4 nitrogen and oxygen atoms in total. The van der Waals surface area contributed by atoms with Gasteiger partial charge in [0.15, 0.2) is 0 Å². The van der Waals surface area contributed by atoms with Crippen molar-refractivity contribution in [3.63, 3.8) is 0 Å². The minimum Gasteiger partial charge on any atom is -0.379 e. The van der Waals surface area contributed by atoms with Crippen LogP contribution >= 0.6 is 0 Å². The van der Waals surface area contributed by atoms with Gasteiger partial charge in [0.1, 0.15) is 5.82 Å². The van der Waals surface area contributed by atoms with Crippen molar-refractivity contribution in [1.29, 1.82) is 0 Å². The lowest BCUT2D eigenvalue weighted by Crippen LogP contribution is -2.31. The van der Waals surface area contributed by atoms with Gasteiger partial charge in [-0.1, -0.05) is 6.07 Å². The summed E-state index contributed by atoms with van der Waals surface area (Å²) in [4.78, 5) is 18.1. The lowest BCUT2D eigenvalue weighted by atomic mass is 10.2. The number of carbonyl (C=O) groups excluding carboxylic acids is 1. The number of carbonyl (C=O) groups is 1. The Hall–Kier alpha value is -2.43. The zero-order chi connectivity index (χ0) is 14.7. The van der Waals surface area contributed by atoms with E-state index in [1.165, 1.54) is 12.1 Å². The zero-order valence-electron chi connectivity index (χ0n) is 11.5. The standard InChI is InChI=1S/C16H16FN3O/c17-13-4-1-3-12(9-13)16(21)20-8-6-15(11-20)19-14-5-2-7-18-10-14/h1-5,7,9-10,15,19H,6,8,11H2/t15-/m1/s1. The molecule has 0 bridgehead atoms. The number of anilines is 1. The molecule has 1 saturated heterocycles. The first kappa shape index (κ1) is 13.5. The summed E-state index contributed by atoms with van der Waals surface area (Å²) < 4.78 is 13.2. The van der Waals surface area contributed by atoms with Gasteiger partial charge in [0.25, 0.3) is 5.91 Å². The summed E-state index contributed by atoms with van der Waals surface area (Å²) >= 11 is 0. The molecule has 0 radical (unpaired) electrons. The van der Waals surface area contributed by atoms with Gasteiger partial charge in [-0.05, 0) is 36.8 Å². The summed E-state index contributed by atoms with van der Waals surface area (Å²) in [6.07, 6.45) is 4.35. The molecule has 0 unspecified atom stereocenters. The highest BCUT2D eigenvalue weighted by atomic mass is 19.1. The van der Waals surface area contributed by atoms with E-state index in [1.54, 1.807) is 29.4 Å². The maximum atomic E-state index is 13.2. The van der Waals surface area contributed by atoms with E-state index >= 15 is 0 Å². The number of halogens is 1. The van der Waals surface area contributed by atoms with Gasteiger partial charge in [0.2, 0.25) is 0 Å². The first-order chi connectivity index (χ1) is 10.2. The first-order valence-corrected chi connectivity index (χ1v) is 6.94. The van der Waals surface area contributed by atoms with Crippen molar-refractivity contribution in [2.24, 2.45) is 0 Å². The summed E-state index contributed by atoms with van der Waals surface area (Å²) in [6, 6.07) is 9.85. The number of aromatic nitrogens is 1. The van der Waals surface area contributed by atoms with Crippen LogP contribution in [-0.4, -0.2) is 34.9 Å². The van der Waals surface area contributed by atoms with Crippen molar-refractivity contribution >= 4 is 11.6 Å². The number of hydrogen-bond donors (Lipinski definition) is 1. The van der Waals surface area contributed by atoms with Crippen molar-refractivity contribution in [1.82, 2.24) is 9.88 Å². The van der Waals surface area contributed by atoms with Crippen molar-refractivity contribution in [2.75, 3.05) is 18.4 Å². The van der Waals surface area contributed by atoms with Gasteiger partial charge < -0.3 is 10.2 Å². The predicted octanol–water partition coefficient (Wildman–Crippen LogP) is 2.55. The van der Waals surface area contributed by atoms with Gasteiger partial charge in [-0.25, -0.2) is 4.39 Å². The number of hydrogen-bond acceptors (Lipinski definition) is 3. The van der Waals surface area contributed by atoms with E-state index in [0.717, 1.165) is 12.1 Å². The third-order valence-electron chi connectivity index (χ3n) is 3.58. The molecule has 5 heteroatoms. The predicted molar refractivity (Wildman–Crippen MR) is 78.6 cm³/mol. The fourth-order valence-electron chi connectivity index (χ4n) is 2.55. The van der Waals surface area contributed by atoms with Crippen LogP contribution in [0, 0.1) is 5.82 Å². The molecule has 1 aliphatic rings. The number of amides is 1. The van der Waals surface area contributed by atoms with Crippen LogP contribution in [0.15, 0.2) is 48.8 Å². The van der Waals surface area contributed by atoms with Crippen LogP contribution in [0.25, 0.3) is 0 Å². The van der Waals surface area contributed by atoms with Crippen molar-refractivity contribution in [3.8, 4) is 0 Å². The fourth-order valence-corrected chi connectivity index (χ4v) is 2.55. The SMILES string of the molecule is O=C(c1cccc(F)c1)N1CC[C@@H](Nc2cccnc2)C1. The minimum absolute atomic E-state index is 0.120. The molecule has 1 aromatic heterocycles. The van der Waals surface area contributed by atoms with E-state index < -0.39 is 0 Å². The number of rotatable bonds is 3. The van der Waals surface area contributed by atoms with Crippen LogP contribution in [0.3, 0.4) is 0 Å². The Morgan fingerprint density at radius 2 is 2.24 bits per heavy atom. The molecule has 0 aliphatic carbocycles. The van der Waals surface area contributed by atoms with Crippen LogP contribution in [0.5, 0.6) is 0 Å². The van der Waals surface area contributed by atoms with Crippen LogP contribution < -0.4 is 5.32 Å². The van der Waals surface area contributed by atoms with Gasteiger partial charge in [-0.3, -0.25) is 9.78 Å². The number of likely N-dealkylation sites (tertiary alicyclic amines) is 1. The fraction of sp³-hybridized carbons (Fsp3) is 0.250. The Labute approximate surface area is 122 Å². The highest BCUT2D eigenvalue weighted by molar-refractivity contribution is 5.94. The van der Waals surface area contributed by atoms with Gasteiger partial charge in [0, 0.05) is 37.1 Å². The average molecular weight is 285 g/mol. The molecule has 3 rings (SSSR count). The van der Waals surface area contributed by atoms with Gasteiger partial charge >= 0.3 is 0 Å². The molecule has 1 atom stereocenters. The molecule has 1 amide bonds. The third kappa shape index (κ3) is 3.18. The van der Waals surface area contributed by atoms with Gasteiger partial charge in [-0.15, -0.1) is 0 Å². The van der Waals surface area contributed by atoms with Crippen molar-refractivity contribution in [2.45, 2.75) is 12.5 Å². The second kappa shape index (κ2) is 5.91. The van der Waals surface area contributed by atoms with E-state index in [1.807, 2.05) is 12.1 Å². The summed E-state index contributed by atoms with van der Waals surface area (Å²) in [5.41, 5.74) is 1.35. The third-order valence-corrected chi connectivity index (χ3v) is 3.58. The molecule has 1 fully saturated rings. The summed E-state index contributed by atoms with van der Waals surface area (Å²) in [6.45, 7) is 1.29. The number of pyridine rings is 1. The second-order valence-corrected chi connectivity index (χ2v) is 5.13. The molecule has 1 aliphatic heterocycles. The number of benzene rings is 1. The van der Waals surface area contributed by atoms with E-state index in [0.29, 0.717) is 18.7 Å². The van der Waals surface area contributed by atoms with E-state index in [2.05, 4.69) is 10.3 Å². The van der Waals surface area contributed by atoms with Crippen molar-refractivity contribution in [3.05, 3.63) is 60.2 Å². The summed E-state index contributed by atoms with van der Waals surface area (Å²) in [5, 5.41) is 3.36. The van der Waals surface area contributed by atoms with Crippen LogP contribution in [0.4, 0.5) is 10.1 Å². The molecule has 2 aromatic rings. The Morgan fingerprint density at radius 3 is 3.00 bits per heavy atom. The molecule has 2 heterocycles. The summed E-state index contributed by atoms with van der Waals surface area (Å²) in [7, 11) is 0. The average Bonchev–Trinajstić information content (AvgIpc) is 2.96. The second-order valence-electron chi connectivity index (χ2n) is 5.13. The van der Waals surface area contributed by atoms with E-state index in [9.17, 15) is 9.18 Å². The molecule has 21 heavy (non-hydrogen) atoms. The molecular weight excluding hydrogens is 269 g/mol.